The van der Waals surface area contributed by atoms with Gasteiger partial charge in [-0.25, -0.2) is 8.78 Å². The summed E-state index contributed by atoms with van der Waals surface area (Å²) in [5.41, 5.74) is -0.144. The molecule has 0 radical (unpaired) electrons. The Balaban J connectivity index is 2.93. The van der Waals surface area contributed by atoms with E-state index in [0.29, 0.717) is 6.29 Å². The van der Waals surface area contributed by atoms with Crippen LogP contribution in [0, 0.1) is 11.6 Å². The fourth-order valence-electron chi connectivity index (χ4n) is 0.970. The molecule has 0 fully saturated rings. The van der Waals surface area contributed by atoms with E-state index in [-0.39, 0.29) is 12.0 Å². The highest BCUT2D eigenvalue weighted by Crippen LogP contribution is 2.15. The van der Waals surface area contributed by atoms with E-state index in [9.17, 15) is 13.6 Å². The number of benzene rings is 1. The van der Waals surface area contributed by atoms with E-state index in [1.165, 1.54) is 6.07 Å². The van der Waals surface area contributed by atoms with Crippen molar-refractivity contribution in [2.24, 2.45) is 0 Å². The van der Waals surface area contributed by atoms with Crippen LogP contribution in [0.25, 0.3) is 0 Å². The molecule has 1 rings (SSSR count). The highest BCUT2D eigenvalue weighted by Gasteiger charge is 2.12. The number of hydrogen-bond acceptors (Lipinski definition) is 1. The average molecular weight is 205 g/mol. The van der Waals surface area contributed by atoms with Crippen LogP contribution in [0.15, 0.2) is 18.2 Å². The highest BCUT2D eigenvalue weighted by molar-refractivity contribution is 6.27. The first-order valence-corrected chi connectivity index (χ1v) is 4.11. The summed E-state index contributed by atoms with van der Waals surface area (Å²) in [7, 11) is 0. The first-order chi connectivity index (χ1) is 6.15. The topological polar surface area (TPSA) is 17.1 Å². The maximum Gasteiger partial charge on any atom is 0.138 e. The largest absolute Gasteiger partial charge is 0.302 e. The van der Waals surface area contributed by atoms with E-state index in [1.807, 2.05) is 0 Å². The van der Waals surface area contributed by atoms with Crippen molar-refractivity contribution in [3.63, 3.8) is 0 Å². The van der Waals surface area contributed by atoms with Gasteiger partial charge in [0.05, 0.1) is 5.38 Å². The molecular formula is C9H7ClF2O. The summed E-state index contributed by atoms with van der Waals surface area (Å²) in [4.78, 5) is 10.2. The zero-order valence-corrected chi connectivity index (χ0v) is 7.39. The van der Waals surface area contributed by atoms with E-state index in [1.54, 1.807) is 0 Å². The Morgan fingerprint density at radius 2 is 1.92 bits per heavy atom. The molecule has 0 saturated carbocycles. The summed E-state index contributed by atoms with van der Waals surface area (Å²) >= 11 is 5.44. The molecule has 0 heterocycles. The number of aldehydes is 1. The lowest BCUT2D eigenvalue weighted by Crippen LogP contribution is -2.08. The van der Waals surface area contributed by atoms with Gasteiger partial charge in [-0.2, -0.15) is 0 Å². The minimum Gasteiger partial charge on any atom is -0.302 e. The van der Waals surface area contributed by atoms with Crippen LogP contribution in [0.2, 0.25) is 0 Å². The first-order valence-electron chi connectivity index (χ1n) is 3.67. The van der Waals surface area contributed by atoms with Crippen LogP contribution in [0.5, 0.6) is 0 Å². The predicted octanol–water partition coefficient (Wildman–Crippen LogP) is 2.31. The summed E-state index contributed by atoms with van der Waals surface area (Å²) in [6.07, 6.45) is 0.330. The monoisotopic (exact) mass is 204 g/mol. The molecule has 13 heavy (non-hydrogen) atoms. The fraction of sp³-hybridized carbons (Fsp3) is 0.222. The maximum atomic E-state index is 12.9. The molecule has 0 spiro atoms. The van der Waals surface area contributed by atoms with Crippen molar-refractivity contribution in [3.8, 4) is 0 Å². The lowest BCUT2D eigenvalue weighted by Gasteiger charge is -2.04. The Labute approximate surface area is 79.3 Å². The lowest BCUT2D eigenvalue weighted by molar-refractivity contribution is -0.107. The van der Waals surface area contributed by atoms with Crippen LogP contribution in [0.4, 0.5) is 8.78 Å². The first kappa shape index (κ1) is 10.1. The van der Waals surface area contributed by atoms with Crippen LogP contribution < -0.4 is 0 Å². The van der Waals surface area contributed by atoms with Gasteiger partial charge in [0.15, 0.2) is 0 Å². The molecule has 0 aliphatic carbocycles. The molecule has 4 heteroatoms. The van der Waals surface area contributed by atoms with Gasteiger partial charge in [-0.1, -0.05) is 6.07 Å². The molecule has 1 nitrogen and oxygen atoms in total. The van der Waals surface area contributed by atoms with Crippen molar-refractivity contribution < 1.29 is 13.6 Å². The highest BCUT2D eigenvalue weighted by atomic mass is 35.5. The van der Waals surface area contributed by atoms with Gasteiger partial charge in [0, 0.05) is 12.0 Å². The summed E-state index contributed by atoms with van der Waals surface area (Å²) in [6, 6.07) is 3.53. The molecule has 1 aromatic carbocycles. The number of alkyl halides is 1. The summed E-state index contributed by atoms with van der Waals surface area (Å²) < 4.78 is 25.9. The SMILES string of the molecule is O=CC(Cl)Cc1c(F)cccc1F. The smallest absolute Gasteiger partial charge is 0.138 e. The van der Waals surface area contributed by atoms with Gasteiger partial charge >= 0.3 is 0 Å². The van der Waals surface area contributed by atoms with Crippen LogP contribution in [0.3, 0.4) is 0 Å². The van der Waals surface area contributed by atoms with E-state index in [2.05, 4.69) is 0 Å². The standard InChI is InChI=1S/C9H7ClF2O/c10-6(5-13)4-7-8(11)2-1-3-9(7)12/h1-3,5-6H,4H2. The van der Waals surface area contributed by atoms with Gasteiger partial charge in [0.25, 0.3) is 0 Å². The Morgan fingerprint density at radius 1 is 1.38 bits per heavy atom. The minimum absolute atomic E-state index is 0.121. The second-order valence-corrected chi connectivity index (χ2v) is 3.12. The summed E-state index contributed by atoms with van der Waals surface area (Å²) in [5.74, 6) is -1.35. The van der Waals surface area contributed by atoms with Gasteiger partial charge in [0.2, 0.25) is 0 Å². The molecule has 70 valence electrons. The average Bonchev–Trinajstić information content (AvgIpc) is 2.11. The normalized spacial score (nSPS) is 12.5. The molecule has 0 aromatic heterocycles. The molecule has 0 aliphatic rings. The van der Waals surface area contributed by atoms with Crippen LogP contribution in [0.1, 0.15) is 5.56 Å². The number of carbonyl (C=O) groups excluding carboxylic acids is 1. The van der Waals surface area contributed by atoms with Crippen molar-refractivity contribution in [1.29, 1.82) is 0 Å². The Hall–Kier alpha value is -0.960. The number of halogens is 3. The molecule has 0 amide bonds. The third kappa shape index (κ3) is 2.49. The Bertz CT molecular complexity index is 294. The predicted molar refractivity (Wildman–Crippen MR) is 45.8 cm³/mol. The maximum absolute atomic E-state index is 12.9. The van der Waals surface area contributed by atoms with E-state index < -0.39 is 17.0 Å². The molecule has 0 saturated heterocycles. The summed E-state index contributed by atoms with van der Waals surface area (Å²) in [6.45, 7) is 0. The van der Waals surface area contributed by atoms with Crippen molar-refractivity contribution in [2.45, 2.75) is 11.8 Å². The molecule has 1 atom stereocenters. The minimum atomic E-state index is -0.883. The van der Waals surface area contributed by atoms with Gasteiger partial charge in [0.1, 0.15) is 17.9 Å². The molecule has 0 bridgehead atoms. The van der Waals surface area contributed by atoms with Crippen LogP contribution in [-0.2, 0) is 11.2 Å². The van der Waals surface area contributed by atoms with Crippen molar-refractivity contribution in [2.75, 3.05) is 0 Å². The van der Waals surface area contributed by atoms with E-state index in [0.717, 1.165) is 12.1 Å². The molecular weight excluding hydrogens is 198 g/mol. The second kappa shape index (κ2) is 4.33. The quantitative estimate of drug-likeness (QED) is 0.546. The van der Waals surface area contributed by atoms with Crippen molar-refractivity contribution >= 4 is 17.9 Å². The van der Waals surface area contributed by atoms with Crippen molar-refractivity contribution in [3.05, 3.63) is 35.4 Å². The Morgan fingerprint density at radius 3 is 2.38 bits per heavy atom. The van der Waals surface area contributed by atoms with Crippen molar-refractivity contribution in [1.82, 2.24) is 0 Å². The molecule has 0 aliphatic heterocycles. The van der Waals surface area contributed by atoms with Gasteiger partial charge in [-0.15, -0.1) is 11.6 Å². The molecule has 1 unspecified atom stereocenters. The van der Waals surface area contributed by atoms with Crippen LogP contribution in [-0.4, -0.2) is 11.7 Å². The molecule has 1 aromatic rings. The van der Waals surface area contributed by atoms with Gasteiger partial charge in [-0.05, 0) is 12.1 Å². The lowest BCUT2D eigenvalue weighted by atomic mass is 10.1. The number of carbonyl (C=O) groups is 1. The van der Waals surface area contributed by atoms with E-state index >= 15 is 0 Å². The Kier molecular flexibility index (Phi) is 3.37. The second-order valence-electron chi connectivity index (χ2n) is 2.56. The third-order valence-electron chi connectivity index (χ3n) is 1.61. The van der Waals surface area contributed by atoms with Gasteiger partial charge < -0.3 is 4.79 Å². The summed E-state index contributed by atoms with van der Waals surface area (Å²) in [5, 5.41) is -0.883. The van der Waals surface area contributed by atoms with E-state index in [4.69, 9.17) is 11.6 Å². The van der Waals surface area contributed by atoms with Crippen LogP contribution >= 0.6 is 11.6 Å². The van der Waals surface area contributed by atoms with Gasteiger partial charge in [-0.3, -0.25) is 0 Å². The number of hydrogen-bond donors (Lipinski definition) is 0. The zero-order valence-electron chi connectivity index (χ0n) is 6.64. The number of rotatable bonds is 3. The molecule has 0 N–H and O–H groups in total. The zero-order chi connectivity index (χ0) is 9.84. The third-order valence-corrected chi connectivity index (χ3v) is 1.87. The fourth-order valence-corrected chi connectivity index (χ4v) is 1.12.